The zero-order valence-electron chi connectivity index (χ0n) is 17.6. The van der Waals surface area contributed by atoms with Gasteiger partial charge in [0.15, 0.2) is 5.16 Å². The molecule has 0 saturated carbocycles. The van der Waals surface area contributed by atoms with Crippen LogP contribution in [0.4, 0.5) is 4.39 Å². The molecule has 0 saturated heterocycles. The summed E-state index contributed by atoms with van der Waals surface area (Å²) < 4.78 is 15.0. The van der Waals surface area contributed by atoms with Crippen LogP contribution in [0.25, 0.3) is 21.3 Å². The molecule has 0 aliphatic heterocycles. The summed E-state index contributed by atoms with van der Waals surface area (Å²) in [5, 5.41) is 1.05. The molecule has 2 heterocycles. The summed E-state index contributed by atoms with van der Waals surface area (Å²) in [4.78, 5) is 33.9. The highest BCUT2D eigenvalue weighted by Crippen LogP contribution is 2.36. The first-order chi connectivity index (χ1) is 14.9. The third kappa shape index (κ3) is 4.80. The molecule has 8 heteroatoms. The monoisotopic (exact) mass is 457 g/mol. The van der Waals surface area contributed by atoms with Crippen molar-refractivity contribution in [3.8, 4) is 11.1 Å². The Labute approximate surface area is 188 Å². The minimum absolute atomic E-state index is 0.0730. The third-order valence-electron chi connectivity index (χ3n) is 4.78. The first kappa shape index (κ1) is 23.0. The Kier molecular flexibility index (Phi) is 7.46. The number of benzene rings is 1. The fourth-order valence-corrected chi connectivity index (χ4v) is 5.39. The second-order valence-electron chi connectivity index (χ2n) is 6.83. The molecule has 0 aliphatic rings. The largest absolute Gasteiger partial charge is 0.335 e. The number of thiophene rings is 1. The maximum Gasteiger partial charge on any atom is 0.263 e. The molecule has 0 aliphatic carbocycles. The van der Waals surface area contributed by atoms with Crippen LogP contribution in [-0.2, 0) is 11.3 Å². The molecule has 31 heavy (non-hydrogen) atoms. The van der Waals surface area contributed by atoms with Gasteiger partial charge in [0.2, 0.25) is 5.91 Å². The molecule has 0 atom stereocenters. The van der Waals surface area contributed by atoms with Crippen molar-refractivity contribution in [1.29, 1.82) is 0 Å². The van der Waals surface area contributed by atoms with Gasteiger partial charge in [-0.2, -0.15) is 0 Å². The average Bonchev–Trinajstić information content (AvgIpc) is 3.08. The zero-order chi connectivity index (χ0) is 22.5. The van der Waals surface area contributed by atoms with E-state index in [1.54, 1.807) is 33.8 Å². The summed E-state index contributed by atoms with van der Waals surface area (Å²) in [6, 6.07) is 6.12. The molecule has 0 bridgehead atoms. The van der Waals surface area contributed by atoms with E-state index >= 15 is 0 Å². The molecular formula is C23H24FN3O2S2. The van der Waals surface area contributed by atoms with Gasteiger partial charge in [0.1, 0.15) is 10.6 Å². The molecule has 2 aromatic heterocycles. The summed E-state index contributed by atoms with van der Waals surface area (Å²) in [7, 11) is 0. The van der Waals surface area contributed by atoms with Crippen molar-refractivity contribution < 1.29 is 9.18 Å². The number of carbonyl (C=O) groups excluding carboxylic acids is 1. The lowest BCUT2D eigenvalue weighted by Crippen LogP contribution is -2.33. The number of hydrogen-bond acceptors (Lipinski definition) is 5. The number of aromatic nitrogens is 2. The van der Waals surface area contributed by atoms with Gasteiger partial charge in [-0.3, -0.25) is 14.2 Å². The Bertz CT molecular complexity index is 1170. The van der Waals surface area contributed by atoms with E-state index < -0.39 is 0 Å². The predicted octanol–water partition coefficient (Wildman–Crippen LogP) is 4.89. The Balaban J connectivity index is 2.00. The van der Waals surface area contributed by atoms with Crippen LogP contribution in [0.2, 0.25) is 0 Å². The number of thioether (sulfide) groups is 1. The van der Waals surface area contributed by atoms with E-state index in [1.165, 1.54) is 35.2 Å². The normalized spacial score (nSPS) is 10.9. The second-order valence-corrected chi connectivity index (χ2v) is 8.97. The number of nitrogens with zero attached hydrogens (tertiary/aromatic N) is 3. The number of carbonyl (C=O) groups is 1. The maximum absolute atomic E-state index is 13.4. The molecule has 0 fully saturated rings. The molecule has 0 N–H and O–H groups in total. The van der Waals surface area contributed by atoms with Gasteiger partial charge in [-0.1, -0.05) is 36.0 Å². The fourth-order valence-electron chi connectivity index (χ4n) is 3.34. The van der Waals surface area contributed by atoms with Gasteiger partial charge < -0.3 is 4.90 Å². The molecule has 162 valence electrons. The standard InChI is InChI=1S/C23H24FN3O2S2/c1-5-12-26(13-6-2)18(28)14-30-23-25-21-20(22(29)27(23)7-3)19(15(4)31-21)16-8-10-17(24)11-9-16/h5-6,8-11H,1-2,7,12-14H2,3-4H3. The quantitative estimate of drug-likeness (QED) is 0.261. The number of amides is 1. The highest BCUT2D eigenvalue weighted by atomic mass is 32.2. The van der Waals surface area contributed by atoms with Gasteiger partial charge in [0.25, 0.3) is 5.56 Å². The average molecular weight is 458 g/mol. The van der Waals surface area contributed by atoms with Crippen molar-refractivity contribution in [3.63, 3.8) is 0 Å². The van der Waals surface area contributed by atoms with Crippen molar-refractivity contribution in [2.45, 2.75) is 25.5 Å². The van der Waals surface area contributed by atoms with Gasteiger partial charge in [-0.05, 0) is 31.5 Å². The summed E-state index contributed by atoms with van der Waals surface area (Å²) in [5.41, 5.74) is 1.42. The second kappa shape index (κ2) is 10.1. The highest BCUT2D eigenvalue weighted by Gasteiger charge is 2.20. The van der Waals surface area contributed by atoms with E-state index in [1.807, 2.05) is 13.8 Å². The van der Waals surface area contributed by atoms with Crippen molar-refractivity contribution in [1.82, 2.24) is 14.5 Å². The van der Waals surface area contributed by atoms with Crippen LogP contribution in [0, 0.1) is 12.7 Å². The lowest BCUT2D eigenvalue weighted by atomic mass is 10.0. The van der Waals surface area contributed by atoms with E-state index in [0.717, 1.165) is 16.0 Å². The number of hydrogen-bond donors (Lipinski definition) is 0. The molecule has 0 radical (unpaired) electrons. The van der Waals surface area contributed by atoms with E-state index in [2.05, 4.69) is 13.2 Å². The molecule has 0 unspecified atom stereocenters. The molecule has 3 aromatic rings. The van der Waals surface area contributed by atoms with E-state index in [4.69, 9.17) is 4.98 Å². The molecule has 1 aromatic carbocycles. The lowest BCUT2D eigenvalue weighted by Gasteiger charge is -2.19. The Hall–Kier alpha value is -2.71. The van der Waals surface area contributed by atoms with Crippen LogP contribution >= 0.6 is 23.1 Å². The van der Waals surface area contributed by atoms with Crippen molar-refractivity contribution >= 4 is 39.2 Å². The SMILES string of the molecule is C=CCN(CC=C)C(=O)CSc1nc2sc(C)c(-c3ccc(F)cc3)c2c(=O)n1CC. The van der Waals surface area contributed by atoms with Crippen LogP contribution < -0.4 is 5.56 Å². The van der Waals surface area contributed by atoms with Crippen molar-refractivity contribution in [2.24, 2.45) is 0 Å². The number of rotatable bonds is 9. The van der Waals surface area contributed by atoms with Gasteiger partial charge in [0, 0.05) is 30.1 Å². The van der Waals surface area contributed by atoms with Crippen LogP contribution in [0.3, 0.4) is 0 Å². The Morgan fingerprint density at radius 2 is 1.90 bits per heavy atom. The van der Waals surface area contributed by atoms with Crippen molar-refractivity contribution in [2.75, 3.05) is 18.8 Å². The minimum atomic E-state index is -0.324. The molecule has 3 rings (SSSR count). The van der Waals surface area contributed by atoms with Crippen LogP contribution in [-0.4, -0.2) is 39.2 Å². The Morgan fingerprint density at radius 3 is 2.48 bits per heavy atom. The smallest absolute Gasteiger partial charge is 0.263 e. The van der Waals surface area contributed by atoms with Crippen LogP contribution in [0.5, 0.6) is 0 Å². The topological polar surface area (TPSA) is 55.2 Å². The van der Waals surface area contributed by atoms with Crippen LogP contribution in [0.15, 0.2) is 59.5 Å². The number of aryl methyl sites for hydroxylation is 1. The Morgan fingerprint density at radius 1 is 1.26 bits per heavy atom. The molecular weight excluding hydrogens is 433 g/mol. The number of fused-ring (bicyclic) bond motifs is 1. The highest BCUT2D eigenvalue weighted by molar-refractivity contribution is 7.99. The summed E-state index contributed by atoms with van der Waals surface area (Å²) in [6.07, 6.45) is 3.34. The van der Waals surface area contributed by atoms with E-state index in [9.17, 15) is 14.0 Å². The number of halogens is 1. The minimum Gasteiger partial charge on any atom is -0.335 e. The third-order valence-corrected chi connectivity index (χ3v) is 6.74. The molecule has 0 spiro atoms. The summed E-state index contributed by atoms with van der Waals surface area (Å²) >= 11 is 2.68. The summed E-state index contributed by atoms with van der Waals surface area (Å²) in [6.45, 7) is 12.5. The maximum atomic E-state index is 13.4. The van der Waals surface area contributed by atoms with Crippen molar-refractivity contribution in [3.05, 3.63) is 70.6 Å². The molecule has 1 amide bonds. The fraction of sp³-hybridized carbons (Fsp3) is 0.261. The van der Waals surface area contributed by atoms with Gasteiger partial charge >= 0.3 is 0 Å². The van der Waals surface area contributed by atoms with Gasteiger partial charge in [-0.25, -0.2) is 9.37 Å². The van der Waals surface area contributed by atoms with E-state index in [0.29, 0.717) is 35.0 Å². The zero-order valence-corrected chi connectivity index (χ0v) is 19.2. The first-order valence-electron chi connectivity index (χ1n) is 9.83. The van der Waals surface area contributed by atoms with Crippen LogP contribution in [0.1, 0.15) is 11.8 Å². The van der Waals surface area contributed by atoms with E-state index in [-0.39, 0.29) is 23.0 Å². The lowest BCUT2D eigenvalue weighted by molar-refractivity contribution is -0.127. The predicted molar refractivity (Wildman–Crippen MR) is 127 cm³/mol. The first-order valence-corrected chi connectivity index (χ1v) is 11.6. The van der Waals surface area contributed by atoms with Gasteiger partial charge in [-0.15, -0.1) is 24.5 Å². The molecule has 5 nitrogen and oxygen atoms in total. The summed E-state index contributed by atoms with van der Waals surface area (Å²) in [5.74, 6) is -0.235. The van der Waals surface area contributed by atoms with Gasteiger partial charge in [0.05, 0.1) is 11.1 Å².